The summed E-state index contributed by atoms with van der Waals surface area (Å²) in [6.45, 7) is 3.53. The van der Waals surface area contributed by atoms with Gasteiger partial charge in [-0.15, -0.1) is 11.6 Å². The van der Waals surface area contributed by atoms with Crippen molar-refractivity contribution in [2.24, 2.45) is 0 Å². The van der Waals surface area contributed by atoms with Crippen LogP contribution in [0.15, 0.2) is 192 Å². The highest BCUT2D eigenvalue weighted by atomic mass is 35.5. The summed E-state index contributed by atoms with van der Waals surface area (Å²) in [6, 6.07) is 57.9. The largest absolute Gasteiger partial charge is 0.497 e. The number of aliphatic hydroxyl groups is 3. The van der Waals surface area contributed by atoms with Gasteiger partial charge in [-0.05, 0) is 88.8 Å². The molecule has 0 saturated carbocycles. The lowest BCUT2D eigenvalue weighted by atomic mass is 9.79. The number of aliphatic hydroxyl groups excluding tert-OH is 3. The maximum atomic E-state index is 13.2. The molecule has 7 unspecified atom stereocenters. The van der Waals surface area contributed by atoms with Crippen LogP contribution in [-0.4, -0.2) is 158 Å². The summed E-state index contributed by atoms with van der Waals surface area (Å²) in [5, 5.41) is 53.3. The molecule has 2 aromatic heterocycles. The molecule has 2 saturated heterocycles. The van der Waals surface area contributed by atoms with E-state index in [0.717, 1.165) is 55.0 Å². The first-order chi connectivity index (χ1) is 49.4. The minimum absolute atomic E-state index is 0.0673. The van der Waals surface area contributed by atoms with Gasteiger partial charge in [-0.2, -0.15) is 20.5 Å². The second kappa shape index (κ2) is 38.9. The van der Waals surface area contributed by atoms with Crippen LogP contribution >= 0.6 is 11.6 Å². The van der Waals surface area contributed by atoms with Gasteiger partial charge in [-0.1, -0.05) is 127 Å². The molecule has 10 rings (SSSR count). The van der Waals surface area contributed by atoms with E-state index in [9.17, 15) is 34.5 Å². The number of carbonyl (C=O) groups excluding carboxylic acids is 2. The first-order valence-electron chi connectivity index (χ1n) is 32.2. The van der Waals surface area contributed by atoms with E-state index >= 15 is 0 Å². The molecule has 9 atom stereocenters. The fourth-order valence-electron chi connectivity index (χ4n) is 11.1. The van der Waals surface area contributed by atoms with Crippen molar-refractivity contribution in [3.63, 3.8) is 0 Å². The van der Waals surface area contributed by atoms with E-state index < -0.39 is 77.5 Å². The molecule has 0 bridgehead atoms. The number of aryl methyl sites for hydroxylation is 1. The molecule has 538 valence electrons. The fraction of sp³-hybridized carbons (Fsp3) is 0.351. The summed E-state index contributed by atoms with van der Waals surface area (Å²) in [6.07, 6.45) is -5.62. The number of benzene rings is 6. The Morgan fingerprint density at radius 2 is 0.912 bits per heavy atom. The number of hydrogen-bond donors (Lipinski definition) is 5. The molecule has 0 aliphatic carbocycles. The lowest BCUT2D eigenvalue weighted by Crippen LogP contribution is -2.41. The second-order valence-corrected chi connectivity index (χ2v) is 23.4. The minimum Gasteiger partial charge on any atom is -0.497 e. The Balaban J connectivity index is 0.000000214. The van der Waals surface area contributed by atoms with Crippen molar-refractivity contribution < 1.29 is 81.8 Å². The van der Waals surface area contributed by atoms with Crippen LogP contribution in [0.4, 0.5) is 11.6 Å². The lowest BCUT2D eigenvalue weighted by molar-refractivity contribution is -0.175. The summed E-state index contributed by atoms with van der Waals surface area (Å²) in [5.41, 5.74) is 3.93. The highest BCUT2D eigenvalue weighted by molar-refractivity contribution is 6.28. The average molecular weight is 1420 g/mol. The van der Waals surface area contributed by atoms with Crippen molar-refractivity contribution in [1.29, 1.82) is 10.5 Å². The Kier molecular flexibility index (Phi) is 29.7. The number of nitrogens with one attached hydrogen (secondary N) is 2. The molecule has 28 heteroatoms. The molecule has 0 radical (unpaired) electrons. The third kappa shape index (κ3) is 20.3. The van der Waals surface area contributed by atoms with Gasteiger partial charge < -0.3 is 82.8 Å². The van der Waals surface area contributed by atoms with Gasteiger partial charge in [0.2, 0.25) is 11.8 Å². The Bertz CT molecular complexity index is 4080. The van der Waals surface area contributed by atoms with Crippen molar-refractivity contribution in [1.82, 2.24) is 19.1 Å². The van der Waals surface area contributed by atoms with Gasteiger partial charge in [0, 0.05) is 26.2 Å². The predicted molar refractivity (Wildman–Crippen MR) is 371 cm³/mol. The molecular formula is C74H81ClN8O19. The maximum absolute atomic E-state index is 13.2. The number of methoxy groups -OCH3 is 3. The zero-order valence-electron chi connectivity index (χ0n) is 56.9. The van der Waals surface area contributed by atoms with Gasteiger partial charge in [-0.25, -0.2) is 9.59 Å². The molecule has 5 N–H and O–H groups in total. The number of nitrogens with zero attached hydrogens (tertiary/aromatic N) is 6. The number of alkyl halides is 1. The number of hydrogen-bond acceptors (Lipinski definition) is 23. The van der Waals surface area contributed by atoms with Crippen LogP contribution in [0.2, 0.25) is 0 Å². The van der Waals surface area contributed by atoms with Gasteiger partial charge >= 0.3 is 11.4 Å². The van der Waals surface area contributed by atoms with Crippen LogP contribution in [0.5, 0.6) is 17.2 Å². The molecule has 2 fully saturated rings. The molecule has 2 aliphatic rings. The Morgan fingerprint density at radius 1 is 0.539 bits per heavy atom. The second-order valence-electron chi connectivity index (χ2n) is 22.9. The van der Waals surface area contributed by atoms with Crippen molar-refractivity contribution in [3.8, 4) is 29.4 Å². The third-order valence-electron chi connectivity index (χ3n) is 16.1. The van der Waals surface area contributed by atoms with Gasteiger partial charge in [0.25, 0.3) is 0 Å². The van der Waals surface area contributed by atoms with Gasteiger partial charge in [0.05, 0.1) is 72.7 Å². The monoisotopic (exact) mass is 1420 g/mol. The molecule has 0 spiro atoms. The van der Waals surface area contributed by atoms with E-state index in [0.29, 0.717) is 5.75 Å². The fourth-order valence-corrected chi connectivity index (χ4v) is 11.5. The van der Waals surface area contributed by atoms with Crippen LogP contribution in [-0.2, 0) is 62.7 Å². The van der Waals surface area contributed by atoms with Crippen molar-refractivity contribution in [3.05, 3.63) is 242 Å². The molecule has 2 aliphatic heterocycles. The van der Waals surface area contributed by atoms with Crippen LogP contribution in [0.1, 0.15) is 78.1 Å². The van der Waals surface area contributed by atoms with Crippen molar-refractivity contribution in [2.75, 3.05) is 85.6 Å². The quantitative estimate of drug-likeness (QED) is 0.0119. The molecular weight excluding hydrogens is 1340 g/mol. The standard InChI is InChI=1S/C37H40N4O9.C21H19ClO2.C16H22N4O8/c1-25-10-12-28(13-11-25)37(27-8-5-4-6-9-27,29-14-16-30(45-3)17-15-29)49-22-31-33(43)34(48-24-47-23-46-21-7-19-38)35(50-31)41-20-18-32(39-26(2)42)40-36(41)44;1-23-19-12-8-17(9-13-19)21(22,16-6-4-3-5-7-16)18-10-14-20(24-2)15-11-18;1-10(22)18-12-3-5-20(16(24)19-12)15-14(13(23)11(7-21)28-15)27-9-26-8-25-6-2-4-17/h4-6,8-18,20,31,33-35,43H,7,21-24H2,1-3H3,(H,39,40,42,44);3-15H,1-2H3;3,5,11,13-15,21,23H,2,6-9H2,1H3,(H,18,19,22,24)/t31?,33-,34?,35?,37?;;11?,13-,14?,15?/m0.0/s1. The highest BCUT2D eigenvalue weighted by Gasteiger charge is 2.49. The number of halogens is 1. The van der Waals surface area contributed by atoms with Crippen molar-refractivity contribution >= 4 is 35.1 Å². The van der Waals surface area contributed by atoms with E-state index in [1.807, 2.05) is 177 Å². The van der Waals surface area contributed by atoms with E-state index in [4.69, 9.17) is 79.0 Å². The van der Waals surface area contributed by atoms with E-state index in [-0.39, 0.29) is 83.3 Å². The van der Waals surface area contributed by atoms with E-state index in [2.05, 4.69) is 20.6 Å². The summed E-state index contributed by atoms with van der Waals surface area (Å²) >= 11 is 7.22. The number of aromatic nitrogens is 4. The molecule has 2 amide bonds. The Labute approximate surface area is 594 Å². The van der Waals surface area contributed by atoms with Crippen molar-refractivity contribution in [2.45, 2.75) is 93.2 Å². The van der Waals surface area contributed by atoms with Crippen LogP contribution < -0.4 is 36.2 Å². The van der Waals surface area contributed by atoms with E-state index in [1.54, 1.807) is 21.3 Å². The Morgan fingerprint density at radius 3 is 1.30 bits per heavy atom. The molecule has 27 nitrogen and oxygen atoms in total. The van der Waals surface area contributed by atoms with Crippen LogP contribution in [0.25, 0.3) is 0 Å². The topological polar surface area (TPSA) is 347 Å². The molecule has 6 aromatic carbocycles. The first kappa shape index (κ1) is 77.9. The van der Waals surface area contributed by atoms with Crippen LogP contribution in [0.3, 0.4) is 0 Å². The van der Waals surface area contributed by atoms with Gasteiger partial charge in [-0.3, -0.25) is 18.7 Å². The van der Waals surface area contributed by atoms with E-state index in [1.165, 1.54) is 42.9 Å². The number of nitriles is 2. The number of rotatable bonds is 31. The predicted octanol–water partition coefficient (Wildman–Crippen LogP) is 7.97. The maximum Gasteiger partial charge on any atom is 0.351 e. The first-order valence-corrected chi connectivity index (χ1v) is 32.5. The summed E-state index contributed by atoms with van der Waals surface area (Å²) in [5.74, 6) is 1.66. The van der Waals surface area contributed by atoms with Gasteiger partial charge in [0.1, 0.15) is 103 Å². The highest BCUT2D eigenvalue weighted by Crippen LogP contribution is 2.45. The number of anilines is 2. The van der Waals surface area contributed by atoms with Gasteiger partial charge in [0.15, 0.2) is 12.5 Å². The third-order valence-corrected chi connectivity index (χ3v) is 16.8. The summed E-state index contributed by atoms with van der Waals surface area (Å²) in [4.78, 5) is 54.9. The SMILES string of the molecule is CC(=O)Nc1ccn(C2OC(CO)[C@H](O)C2OCOCOCCC#N)c(=O)n1.COc1ccc(C(Cl)(c2ccccc2)c2ccc(OC)cc2)cc1.COc1ccc(C(OCC2OC(n3ccc(NC(C)=O)nc3=O)C(OCOCOCCC#N)[C@H]2O)(c2ccccc2)c2ccc(C)cc2)cc1. The zero-order chi connectivity index (χ0) is 73.0. The number of carbonyl (C=O) groups is 2. The molecule has 102 heavy (non-hydrogen) atoms. The normalized spacial score (nSPS) is 18.9. The molecule has 4 heterocycles. The lowest BCUT2D eigenvalue weighted by Gasteiger charge is -2.37. The smallest absolute Gasteiger partial charge is 0.351 e. The Hall–Kier alpha value is -9.79. The summed E-state index contributed by atoms with van der Waals surface area (Å²) in [7, 11) is 4.91. The molecule has 8 aromatic rings. The van der Waals surface area contributed by atoms with Crippen LogP contribution in [0, 0.1) is 29.6 Å². The zero-order valence-corrected chi connectivity index (χ0v) is 57.7. The number of amides is 2. The average Bonchev–Trinajstić information content (AvgIpc) is 0.804. The minimum atomic E-state index is -1.28. The number of ether oxygens (including phenoxy) is 12. The summed E-state index contributed by atoms with van der Waals surface area (Å²) < 4.78 is 69.2.